The molecule has 4 unspecified atom stereocenters. The third kappa shape index (κ3) is 5.35. The van der Waals surface area contributed by atoms with Crippen molar-refractivity contribution < 1.29 is 4.79 Å². The van der Waals surface area contributed by atoms with Gasteiger partial charge in [0.25, 0.3) is 0 Å². The molecule has 0 spiro atoms. The van der Waals surface area contributed by atoms with Crippen LogP contribution in [0.3, 0.4) is 0 Å². The second kappa shape index (κ2) is 9.62. The van der Waals surface area contributed by atoms with Crippen molar-refractivity contribution in [3.63, 3.8) is 0 Å². The SMILES string of the molecule is CC1CC(NC(=O)C2CCC(N)C2)CN1Cc1ccccc1.Cl.Cl. The van der Waals surface area contributed by atoms with E-state index in [0.717, 1.165) is 38.8 Å². The molecule has 0 bridgehead atoms. The number of nitrogens with zero attached hydrogens (tertiary/aromatic N) is 1. The summed E-state index contributed by atoms with van der Waals surface area (Å²) in [6.07, 6.45) is 3.82. The van der Waals surface area contributed by atoms with Gasteiger partial charge in [0.1, 0.15) is 0 Å². The number of halogens is 2. The predicted molar refractivity (Wildman–Crippen MR) is 103 cm³/mol. The molecule has 24 heavy (non-hydrogen) atoms. The summed E-state index contributed by atoms with van der Waals surface area (Å²) in [4.78, 5) is 14.8. The normalized spacial score (nSPS) is 29.6. The van der Waals surface area contributed by atoms with Gasteiger partial charge in [-0.3, -0.25) is 9.69 Å². The monoisotopic (exact) mass is 373 g/mol. The van der Waals surface area contributed by atoms with Gasteiger partial charge in [-0.05, 0) is 38.2 Å². The summed E-state index contributed by atoms with van der Waals surface area (Å²) >= 11 is 0. The van der Waals surface area contributed by atoms with Crippen molar-refractivity contribution >= 4 is 30.7 Å². The summed E-state index contributed by atoms with van der Waals surface area (Å²) in [6, 6.07) is 11.5. The first-order valence-electron chi connectivity index (χ1n) is 8.45. The maximum absolute atomic E-state index is 12.3. The Kier molecular flexibility index (Phi) is 8.51. The zero-order valence-electron chi connectivity index (χ0n) is 14.2. The lowest BCUT2D eigenvalue weighted by Crippen LogP contribution is -2.40. The van der Waals surface area contributed by atoms with E-state index < -0.39 is 0 Å². The first-order valence-corrected chi connectivity index (χ1v) is 8.45. The minimum atomic E-state index is 0. The minimum Gasteiger partial charge on any atom is -0.352 e. The summed E-state index contributed by atoms with van der Waals surface area (Å²) < 4.78 is 0. The Bertz CT molecular complexity index is 514. The van der Waals surface area contributed by atoms with E-state index in [1.165, 1.54) is 5.56 Å². The van der Waals surface area contributed by atoms with Crippen LogP contribution < -0.4 is 11.1 Å². The van der Waals surface area contributed by atoms with Crippen LogP contribution in [0.2, 0.25) is 0 Å². The van der Waals surface area contributed by atoms with Crippen LogP contribution in [0, 0.1) is 5.92 Å². The molecule has 0 radical (unpaired) electrons. The first kappa shape index (κ1) is 21.2. The van der Waals surface area contributed by atoms with Crippen molar-refractivity contribution in [2.75, 3.05) is 6.54 Å². The molecular weight excluding hydrogens is 345 g/mol. The largest absolute Gasteiger partial charge is 0.352 e. The third-order valence-electron chi connectivity index (χ3n) is 5.12. The summed E-state index contributed by atoms with van der Waals surface area (Å²) in [5.74, 6) is 0.347. The summed E-state index contributed by atoms with van der Waals surface area (Å²) in [5.41, 5.74) is 7.25. The smallest absolute Gasteiger partial charge is 0.223 e. The average Bonchev–Trinajstić information content (AvgIpc) is 3.07. The number of amides is 1. The molecule has 1 heterocycles. The number of carbonyl (C=O) groups excluding carboxylic acids is 1. The number of hydrogen-bond acceptors (Lipinski definition) is 3. The lowest BCUT2D eigenvalue weighted by molar-refractivity contribution is -0.125. The van der Waals surface area contributed by atoms with E-state index in [2.05, 4.69) is 41.4 Å². The van der Waals surface area contributed by atoms with Crippen LogP contribution in [-0.2, 0) is 11.3 Å². The van der Waals surface area contributed by atoms with Crippen molar-refractivity contribution in [1.82, 2.24) is 10.2 Å². The molecule has 1 aliphatic carbocycles. The predicted octanol–water partition coefficient (Wildman–Crippen LogP) is 2.74. The Balaban J connectivity index is 0.00000144. The van der Waals surface area contributed by atoms with Gasteiger partial charge < -0.3 is 11.1 Å². The van der Waals surface area contributed by atoms with Crippen LogP contribution in [-0.4, -0.2) is 35.5 Å². The van der Waals surface area contributed by atoms with Crippen LogP contribution >= 0.6 is 24.8 Å². The molecule has 6 heteroatoms. The first-order chi connectivity index (χ1) is 10.6. The molecule has 1 amide bonds. The van der Waals surface area contributed by atoms with Gasteiger partial charge >= 0.3 is 0 Å². The zero-order chi connectivity index (χ0) is 15.5. The zero-order valence-corrected chi connectivity index (χ0v) is 15.8. The average molecular weight is 374 g/mol. The molecule has 2 aliphatic rings. The highest BCUT2D eigenvalue weighted by molar-refractivity contribution is 5.85. The molecule has 1 saturated carbocycles. The lowest BCUT2D eigenvalue weighted by atomic mass is 10.1. The van der Waals surface area contributed by atoms with Crippen molar-refractivity contribution in [2.45, 2.75) is 57.3 Å². The van der Waals surface area contributed by atoms with Gasteiger partial charge in [0.15, 0.2) is 0 Å². The Morgan fingerprint density at radius 3 is 2.54 bits per heavy atom. The quantitative estimate of drug-likeness (QED) is 0.852. The van der Waals surface area contributed by atoms with E-state index in [9.17, 15) is 4.79 Å². The Morgan fingerprint density at radius 1 is 1.21 bits per heavy atom. The van der Waals surface area contributed by atoms with Crippen LogP contribution in [0.25, 0.3) is 0 Å². The number of benzene rings is 1. The lowest BCUT2D eigenvalue weighted by Gasteiger charge is -2.21. The van der Waals surface area contributed by atoms with E-state index in [1.807, 2.05) is 6.07 Å². The van der Waals surface area contributed by atoms with E-state index in [-0.39, 0.29) is 48.7 Å². The van der Waals surface area contributed by atoms with E-state index in [0.29, 0.717) is 6.04 Å². The van der Waals surface area contributed by atoms with Crippen LogP contribution in [0.1, 0.15) is 38.2 Å². The number of likely N-dealkylation sites (tertiary alicyclic amines) is 1. The maximum Gasteiger partial charge on any atom is 0.223 e. The molecule has 136 valence electrons. The van der Waals surface area contributed by atoms with Gasteiger partial charge in [-0.1, -0.05) is 30.3 Å². The Morgan fingerprint density at radius 2 is 1.92 bits per heavy atom. The fourth-order valence-corrected chi connectivity index (χ4v) is 3.81. The molecule has 1 aliphatic heterocycles. The number of nitrogens with two attached hydrogens (primary N) is 1. The molecule has 1 aromatic rings. The van der Waals surface area contributed by atoms with Gasteiger partial charge in [-0.2, -0.15) is 0 Å². The van der Waals surface area contributed by atoms with Crippen molar-refractivity contribution in [1.29, 1.82) is 0 Å². The van der Waals surface area contributed by atoms with Crippen molar-refractivity contribution in [3.8, 4) is 0 Å². The van der Waals surface area contributed by atoms with E-state index in [1.54, 1.807) is 0 Å². The Hall–Kier alpha value is -0.810. The second-order valence-corrected chi connectivity index (χ2v) is 6.98. The molecule has 4 atom stereocenters. The highest BCUT2D eigenvalue weighted by Gasteiger charge is 2.33. The molecule has 3 rings (SSSR count). The van der Waals surface area contributed by atoms with E-state index >= 15 is 0 Å². The number of rotatable bonds is 4. The van der Waals surface area contributed by atoms with Crippen LogP contribution in [0.5, 0.6) is 0 Å². The highest BCUT2D eigenvalue weighted by Crippen LogP contribution is 2.26. The highest BCUT2D eigenvalue weighted by atomic mass is 35.5. The third-order valence-corrected chi connectivity index (χ3v) is 5.12. The molecule has 3 N–H and O–H groups in total. The van der Waals surface area contributed by atoms with Crippen LogP contribution in [0.15, 0.2) is 30.3 Å². The topological polar surface area (TPSA) is 58.4 Å². The standard InChI is InChI=1S/C18H27N3O.2ClH/c1-13-9-17(20-18(22)15-7-8-16(19)10-15)12-21(13)11-14-5-3-2-4-6-14;;/h2-6,13,15-17H,7-12,19H2,1H3,(H,20,22);2*1H. The number of nitrogens with one attached hydrogen (secondary N) is 1. The summed E-state index contributed by atoms with van der Waals surface area (Å²) in [7, 11) is 0. The fourth-order valence-electron chi connectivity index (χ4n) is 3.81. The number of carbonyl (C=O) groups is 1. The van der Waals surface area contributed by atoms with Gasteiger partial charge in [-0.25, -0.2) is 0 Å². The van der Waals surface area contributed by atoms with Crippen molar-refractivity contribution in [3.05, 3.63) is 35.9 Å². The van der Waals surface area contributed by atoms with Gasteiger partial charge in [0, 0.05) is 37.1 Å². The van der Waals surface area contributed by atoms with Gasteiger partial charge in [0.05, 0.1) is 0 Å². The van der Waals surface area contributed by atoms with Crippen LogP contribution in [0.4, 0.5) is 0 Å². The van der Waals surface area contributed by atoms with E-state index in [4.69, 9.17) is 5.73 Å². The molecule has 1 aromatic carbocycles. The molecule has 1 saturated heterocycles. The molecule has 0 aromatic heterocycles. The Labute approximate surface area is 157 Å². The fraction of sp³-hybridized carbons (Fsp3) is 0.611. The second-order valence-electron chi connectivity index (χ2n) is 6.98. The molecule has 4 nitrogen and oxygen atoms in total. The van der Waals surface area contributed by atoms with Gasteiger partial charge in [0.2, 0.25) is 5.91 Å². The van der Waals surface area contributed by atoms with Crippen molar-refractivity contribution in [2.24, 2.45) is 11.7 Å². The summed E-state index contributed by atoms with van der Waals surface area (Å²) in [6.45, 7) is 4.16. The molecular formula is C18H29Cl2N3O. The maximum atomic E-state index is 12.3. The molecule has 2 fully saturated rings. The summed E-state index contributed by atoms with van der Waals surface area (Å²) in [5, 5.41) is 3.25. The van der Waals surface area contributed by atoms with Gasteiger partial charge in [-0.15, -0.1) is 24.8 Å². The minimum absolute atomic E-state index is 0. The number of hydrogen-bond donors (Lipinski definition) is 2.